The van der Waals surface area contributed by atoms with Crippen LogP contribution in [0.1, 0.15) is 69.9 Å². The van der Waals surface area contributed by atoms with Crippen molar-refractivity contribution < 1.29 is 5.11 Å². The summed E-state index contributed by atoms with van der Waals surface area (Å²) in [6.45, 7) is 6.79. The standard InChI is InChI=1S/C17H26O/c1-13(2)14(3)15-7-9-16(10-8-15)17(18)11-5-4-6-12-17/h7-10,13-14,18H,4-6,11-12H2,1-3H3. The van der Waals surface area contributed by atoms with Crippen molar-refractivity contribution in [2.75, 3.05) is 0 Å². The van der Waals surface area contributed by atoms with Crippen LogP contribution < -0.4 is 0 Å². The largest absolute Gasteiger partial charge is 0.385 e. The second kappa shape index (κ2) is 5.44. The van der Waals surface area contributed by atoms with E-state index < -0.39 is 5.60 Å². The fourth-order valence-corrected chi connectivity index (χ4v) is 2.91. The molecular weight excluding hydrogens is 220 g/mol. The van der Waals surface area contributed by atoms with Crippen molar-refractivity contribution in [1.29, 1.82) is 0 Å². The molecule has 0 saturated heterocycles. The van der Waals surface area contributed by atoms with Gasteiger partial charge >= 0.3 is 0 Å². The summed E-state index contributed by atoms with van der Waals surface area (Å²) in [5.41, 5.74) is 1.94. The van der Waals surface area contributed by atoms with Crippen molar-refractivity contribution in [3.63, 3.8) is 0 Å². The van der Waals surface area contributed by atoms with Crippen LogP contribution in [0.4, 0.5) is 0 Å². The lowest BCUT2D eigenvalue weighted by molar-refractivity contribution is -0.000643. The van der Waals surface area contributed by atoms with Gasteiger partial charge in [-0.1, -0.05) is 64.3 Å². The summed E-state index contributed by atoms with van der Waals surface area (Å²) in [4.78, 5) is 0. The molecule has 100 valence electrons. The van der Waals surface area contributed by atoms with Crippen LogP contribution in [0, 0.1) is 5.92 Å². The number of aliphatic hydroxyl groups is 1. The van der Waals surface area contributed by atoms with E-state index >= 15 is 0 Å². The molecule has 0 aromatic heterocycles. The first-order valence-electron chi connectivity index (χ1n) is 7.36. The first-order valence-corrected chi connectivity index (χ1v) is 7.36. The van der Waals surface area contributed by atoms with Gasteiger partial charge in [0.15, 0.2) is 0 Å². The van der Waals surface area contributed by atoms with Crippen LogP contribution in [-0.4, -0.2) is 5.11 Å². The molecule has 0 heterocycles. The molecule has 0 bridgehead atoms. The van der Waals surface area contributed by atoms with Gasteiger partial charge in [0.1, 0.15) is 0 Å². The Morgan fingerprint density at radius 3 is 2.00 bits per heavy atom. The summed E-state index contributed by atoms with van der Waals surface area (Å²) in [5.74, 6) is 1.24. The maximum atomic E-state index is 10.7. The van der Waals surface area contributed by atoms with Crippen LogP contribution in [0.3, 0.4) is 0 Å². The second-order valence-corrected chi connectivity index (χ2v) is 6.25. The summed E-state index contributed by atoms with van der Waals surface area (Å²) in [6, 6.07) is 8.68. The minimum absolute atomic E-state index is 0.558. The zero-order valence-corrected chi connectivity index (χ0v) is 11.9. The van der Waals surface area contributed by atoms with E-state index in [0.717, 1.165) is 31.2 Å². The zero-order chi connectivity index (χ0) is 13.2. The highest BCUT2D eigenvalue weighted by Gasteiger charge is 2.30. The van der Waals surface area contributed by atoms with Crippen molar-refractivity contribution in [2.45, 2.75) is 64.4 Å². The molecule has 1 unspecified atom stereocenters. The highest BCUT2D eigenvalue weighted by Crippen LogP contribution is 2.37. The molecule has 2 rings (SSSR count). The fraction of sp³-hybridized carbons (Fsp3) is 0.647. The van der Waals surface area contributed by atoms with E-state index in [1.54, 1.807) is 0 Å². The van der Waals surface area contributed by atoms with E-state index in [1.807, 2.05) is 0 Å². The second-order valence-electron chi connectivity index (χ2n) is 6.25. The average Bonchev–Trinajstić information content (AvgIpc) is 2.39. The highest BCUT2D eigenvalue weighted by molar-refractivity contribution is 5.29. The van der Waals surface area contributed by atoms with Gasteiger partial charge in [-0.25, -0.2) is 0 Å². The van der Waals surface area contributed by atoms with Crippen LogP contribution in [0.25, 0.3) is 0 Å². The Balaban J connectivity index is 2.16. The van der Waals surface area contributed by atoms with Crippen LogP contribution in [-0.2, 0) is 5.60 Å². The van der Waals surface area contributed by atoms with Crippen LogP contribution >= 0.6 is 0 Å². The van der Waals surface area contributed by atoms with Crippen molar-refractivity contribution in [1.82, 2.24) is 0 Å². The van der Waals surface area contributed by atoms with Crippen molar-refractivity contribution in [2.24, 2.45) is 5.92 Å². The average molecular weight is 246 g/mol. The van der Waals surface area contributed by atoms with Crippen molar-refractivity contribution in [3.05, 3.63) is 35.4 Å². The summed E-state index contributed by atoms with van der Waals surface area (Å²) < 4.78 is 0. The number of hydrogen-bond acceptors (Lipinski definition) is 1. The molecule has 1 saturated carbocycles. The molecule has 1 aliphatic carbocycles. The topological polar surface area (TPSA) is 20.2 Å². The first-order chi connectivity index (χ1) is 8.53. The summed E-state index contributed by atoms with van der Waals surface area (Å²) in [5, 5.41) is 10.7. The van der Waals surface area contributed by atoms with Gasteiger partial charge in [-0.15, -0.1) is 0 Å². The lowest BCUT2D eigenvalue weighted by atomic mass is 9.79. The van der Waals surface area contributed by atoms with Gasteiger partial charge < -0.3 is 5.11 Å². The van der Waals surface area contributed by atoms with Gasteiger partial charge in [0.25, 0.3) is 0 Å². The Hall–Kier alpha value is -0.820. The van der Waals surface area contributed by atoms with E-state index in [4.69, 9.17) is 0 Å². The molecule has 1 nitrogen and oxygen atoms in total. The molecule has 1 atom stereocenters. The molecule has 0 spiro atoms. The number of rotatable bonds is 3. The smallest absolute Gasteiger partial charge is 0.0896 e. The molecule has 1 aromatic rings. The molecular formula is C17H26O. The third kappa shape index (κ3) is 2.77. The third-order valence-electron chi connectivity index (χ3n) is 4.65. The molecule has 1 heteroatoms. The van der Waals surface area contributed by atoms with Gasteiger partial charge in [0, 0.05) is 0 Å². The predicted molar refractivity (Wildman–Crippen MR) is 76.7 cm³/mol. The molecule has 0 radical (unpaired) electrons. The Morgan fingerprint density at radius 2 is 1.50 bits per heavy atom. The molecule has 1 aliphatic rings. The minimum atomic E-state index is -0.558. The molecule has 0 amide bonds. The Morgan fingerprint density at radius 1 is 0.944 bits per heavy atom. The van der Waals surface area contributed by atoms with E-state index in [1.165, 1.54) is 12.0 Å². The predicted octanol–water partition coefficient (Wildman–Crippen LogP) is 4.60. The summed E-state index contributed by atoms with van der Waals surface area (Å²) in [7, 11) is 0. The van der Waals surface area contributed by atoms with Gasteiger partial charge in [0.2, 0.25) is 0 Å². The van der Waals surface area contributed by atoms with Gasteiger partial charge in [-0.2, -0.15) is 0 Å². The zero-order valence-electron chi connectivity index (χ0n) is 11.9. The van der Waals surface area contributed by atoms with E-state index in [-0.39, 0.29) is 0 Å². The van der Waals surface area contributed by atoms with Gasteiger partial charge in [-0.05, 0) is 35.8 Å². The monoisotopic (exact) mass is 246 g/mol. The lowest BCUT2D eigenvalue weighted by Crippen LogP contribution is -2.28. The summed E-state index contributed by atoms with van der Waals surface area (Å²) >= 11 is 0. The van der Waals surface area contributed by atoms with Crippen molar-refractivity contribution >= 4 is 0 Å². The molecule has 1 aromatic carbocycles. The Labute approximate surface area is 111 Å². The fourth-order valence-electron chi connectivity index (χ4n) is 2.91. The van der Waals surface area contributed by atoms with Crippen LogP contribution in [0.15, 0.2) is 24.3 Å². The normalized spacial score (nSPS) is 20.9. The maximum Gasteiger partial charge on any atom is 0.0896 e. The molecule has 1 fully saturated rings. The van der Waals surface area contributed by atoms with Crippen LogP contribution in [0.2, 0.25) is 0 Å². The first kappa shape index (κ1) is 13.6. The lowest BCUT2D eigenvalue weighted by Gasteiger charge is -2.32. The Kier molecular flexibility index (Phi) is 4.11. The SMILES string of the molecule is CC(C)C(C)c1ccc(C2(O)CCCCC2)cc1. The third-order valence-corrected chi connectivity index (χ3v) is 4.65. The molecule has 1 N–H and O–H groups in total. The van der Waals surface area contributed by atoms with E-state index in [2.05, 4.69) is 45.0 Å². The molecule has 0 aliphatic heterocycles. The number of benzene rings is 1. The quantitative estimate of drug-likeness (QED) is 0.826. The van der Waals surface area contributed by atoms with E-state index in [9.17, 15) is 5.11 Å². The summed E-state index contributed by atoms with van der Waals surface area (Å²) in [6.07, 6.45) is 5.42. The maximum absolute atomic E-state index is 10.7. The van der Waals surface area contributed by atoms with E-state index in [0.29, 0.717) is 11.8 Å². The number of hydrogen-bond donors (Lipinski definition) is 1. The Bertz CT molecular complexity index is 371. The minimum Gasteiger partial charge on any atom is -0.385 e. The molecule has 18 heavy (non-hydrogen) atoms. The van der Waals surface area contributed by atoms with Gasteiger partial charge in [0.05, 0.1) is 5.60 Å². The van der Waals surface area contributed by atoms with Gasteiger partial charge in [-0.3, -0.25) is 0 Å². The van der Waals surface area contributed by atoms with Crippen LogP contribution in [0.5, 0.6) is 0 Å². The van der Waals surface area contributed by atoms with Crippen molar-refractivity contribution in [3.8, 4) is 0 Å². The highest BCUT2D eigenvalue weighted by atomic mass is 16.3.